The van der Waals surface area contributed by atoms with E-state index in [1.54, 1.807) is 6.20 Å². The number of morpholine rings is 1. The number of amides is 1. The lowest BCUT2D eigenvalue weighted by atomic mass is 10.1. The van der Waals surface area contributed by atoms with Gasteiger partial charge in [-0.2, -0.15) is 0 Å². The van der Waals surface area contributed by atoms with Crippen LogP contribution in [0.5, 0.6) is 0 Å². The van der Waals surface area contributed by atoms with Crippen molar-refractivity contribution in [1.82, 2.24) is 4.98 Å². The standard InChI is InChI=1S/C24H26ClN5O2/c25-19-3-1-2-17(12-19)15-27-22-14-24(28-16-18(22)13-23(26)31)29-20-4-6-21(7-5-20)30-8-10-32-11-9-30/h1-7,12,14,16H,8-11,13,15H2,(H2,26,31)(H2,27,28,29). The van der Waals surface area contributed by atoms with Crippen LogP contribution in [0, 0.1) is 0 Å². The number of carbonyl (C=O) groups excluding carboxylic acids is 1. The number of pyridine rings is 1. The summed E-state index contributed by atoms with van der Waals surface area (Å²) in [5.41, 5.74) is 10.1. The number of nitrogens with zero attached hydrogens (tertiary/aromatic N) is 2. The Hall–Kier alpha value is -3.29. The van der Waals surface area contributed by atoms with Crippen LogP contribution < -0.4 is 21.3 Å². The van der Waals surface area contributed by atoms with Gasteiger partial charge in [0.1, 0.15) is 5.82 Å². The number of halogens is 1. The molecule has 1 amide bonds. The molecule has 1 saturated heterocycles. The summed E-state index contributed by atoms with van der Waals surface area (Å²) in [4.78, 5) is 18.3. The molecule has 3 aromatic rings. The molecule has 2 aromatic carbocycles. The van der Waals surface area contributed by atoms with Crippen molar-refractivity contribution in [1.29, 1.82) is 0 Å². The fourth-order valence-corrected chi connectivity index (χ4v) is 3.83. The average molecular weight is 452 g/mol. The van der Waals surface area contributed by atoms with Gasteiger partial charge in [0.15, 0.2) is 0 Å². The summed E-state index contributed by atoms with van der Waals surface area (Å²) in [6, 6.07) is 17.8. The third-order valence-electron chi connectivity index (χ3n) is 5.24. The zero-order chi connectivity index (χ0) is 22.3. The Morgan fingerprint density at radius 3 is 2.62 bits per heavy atom. The van der Waals surface area contributed by atoms with E-state index in [0.29, 0.717) is 17.4 Å². The first kappa shape index (κ1) is 21.9. The van der Waals surface area contributed by atoms with E-state index in [1.165, 1.54) is 5.69 Å². The zero-order valence-electron chi connectivity index (χ0n) is 17.7. The lowest BCUT2D eigenvalue weighted by Gasteiger charge is -2.28. The van der Waals surface area contributed by atoms with Gasteiger partial charge >= 0.3 is 0 Å². The molecule has 1 aliphatic rings. The largest absolute Gasteiger partial charge is 0.381 e. The van der Waals surface area contributed by atoms with Gasteiger partial charge in [0, 0.05) is 59.5 Å². The Morgan fingerprint density at radius 2 is 1.91 bits per heavy atom. The fraction of sp³-hybridized carbons (Fsp3) is 0.250. The molecule has 1 fully saturated rings. The number of nitrogens with one attached hydrogen (secondary N) is 2. The number of carbonyl (C=O) groups is 1. The highest BCUT2D eigenvalue weighted by atomic mass is 35.5. The Kier molecular flexibility index (Phi) is 7.09. The molecule has 0 radical (unpaired) electrons. The SMILES string of the molecule is NC(=O)Cc1cnc(Nc2ccc(N3CCOCC3)cc2)cc1NCc1cccc(Cl)c1. The smallest absolute Gasteiger partial charge is 0.221 e. The van der Waals surface area contributed by atoms with Crippen LogP contribution in [0.15, 0.2) is 60.8 Å². The maximum Gasteiger partial charge on any atom is 0.221 e. The molecule has 4 N–H and O–H groups in total. The molecule has 0 unspecified atom stereocenters. The number of aromatic nitrogens is 1. The predicted molar refractivity (Wildman–Crippen MR) is 129 cm³/mol. The number of ether oxygens (including phenoxy) is 1. The molecule has 7 nitrogen and oxygen atoms in total. The van der Waals surface area contributed by atoms with Gasteiger partial charge in [0.05, 0.1) is 19.6 Å². The van der Waals surface area contributed by atoms with E-state index >= 15 is 0 Å². The van der Waals surface area contributed by atoms with Crippen molar-refractivity contribution in [3.8, 4) is 0 Å². The molecule has 8 heteroatoms. The van der Waals surface area contributed by atoms with Gasteiger partial charge in [0.2, 0.25) is 5.91 Å². The van der Waals surface area contributed by atoms with E-state index < -0.39 is 5.91 Å². The molecule has 4 rings (SSSR count). The lowest BCUT2D eigenvalue weighted by Crippen LogP contribution is -2.36. The summed E-state index contributed by atoms with van der Waals surface area (Å²) in [5, 5.41) is 7.39. The molecule has 2 heterocycles. The number of hydrogen-bond donors (Lipinski definition) is 3. The van der Waals surface area contributed by atoms with Crippen LogP contribution >= 0.6 is 11.6 Å². The van der Waals surface area contributed by atoms with Gasteiger partial charge in [-0.15, -0.1) is 0 Å². The summed E-state index contributed by atoms with van der Waals surface area (Å²) in [6.45, 7) is 3.87. The summed E-state index contributed by atoms with van der Waals surface area (Å²) in [7, 11) is 0. The molecular formula is C24H26ClN5O2. The third-order valence-corrected chi connectivity index (χ3v) is 5.47. The van der Waals surface area contributed by atoms with Crippen molar-refractivity contribution in [3.05, 3.63) is 76.9 Å². The van der Waals surface area contributed by atoms with Gasteiger partial charge in [-0.25, -0.2) is 4.98 Å². The molecule has 1 aromatic heterocycles. The number of nitrogens with two attached hydrogens (primary N) is 1. The highest BCUT2D eigenvalue weighted by molar-refractivity contribution is 6.30. The van der Waals surface area contributed by atoms with Crippen molar-refractivity contribution in [2.24, 2.45) is 5.73 Å². The number of anilines is 4. The van der Waals surface area contributed by atoms with Crippen LogP contribution in [0.1, 0.15) is 11.1 Å². The fourth-order valence-electron chi connectivity index (χ4n) is 3.61. The van der Waals surface area contributed by atoms with E-state index in [9.17, 15) is 4.79 Å². The number of hydrogen-bond acceptors (Lipinski definition) is 6. The maximum absolute atomic E-state index is 11.5. The molecule has 0 aliphatic carbocycles. The minimum atomic E-state index is -0.406. The first-order valence-corrected chi connectivity index (χ1v) is 10.9. The van der Waals surface area contributed by atoms with Gasteiger partial charge in [0.25, 0.3) is 0 Å². The van der Waals surface area contributed by atoms with Crippen LogP contribution in [0.3, 0.4) is 0 Å². The van der Waals surface area contributed by atoms with Crippen molar-refractivity contribution in [2.45, 2.75) is 13.0 Å². The molecule has 166 valence electrons. The van der Waals surface area contributed by atoms with E-state index in [0.717, 1.165) is 48.8 Å². The normalized spacial score (nSPS) is 13.6. The molecule has 0 bridgehead atoms. The average Bonchev–Trinajstić information content (AvgIpc) is 2.80. The van der Waals surface area contributed by atoms with Gasteiger partial charge in [-0.05, 0) is 42.0 Å². The van der Waals surface area contributed by atoms with Gasteiger partial charge < -0.3 is 26.0 Å². The van der Waals surface area contributed by atoms with Gasteiger partial charge in [-0.1, -0.05) is 23.7 Å². The minimum Gasteiger partial charge on any atom is -0.381 e. The molecule has 0 atom stereocenters. The first-order chi connectivity index (χ1) is 15.6. The third kappa shape index (κ3) is 5.90. The topological polar surface area (TPSA) is 92.5 Å². The van der Waals surface area contributed by atoms with E-state index in [-0.39, 0.29) is 6.42 Å². The van der Waals surface area contributed by atoms with E-state index in [4.69, 9.17) is 22.1 Å². The number of rotatable bonds is 8. The summed E-state index contributed by atoms with van der Waals surface area (Å²) in [6.07, 6.45) is 1.79. The monoisotopic (exact) mass is 451 g/mol. The summed E-state index contributed by atoms with van der Waals surface area (Å²) < 4.78 is 5.42. The lowest BCUT2D eigenvalue weighted by molar-refractivity contribution is -0.117. The van der Waals surface area contributed by atoms with E-state index in [1.807, 2.05) is 42.5 Å². The highest BCUT2D eigenvalue weighted by Gasteiger charge is 2.12. The predicted octanol–water partition coefficient (Wildman–Crippen LogP) is 3.96. The van der Waals surface area contributed by atoms with Crippen LogP contribution in [0.4, 0.5) is 22.9 Å². The van der Waals surface area contributed by atoms with Gasteiger partial charge in [-0.3, -0.25) is 4.79 Å². The Morgan fingerprint density at radius 1 is 1.12 bits per heavy atom. The first-order valence-electron chi connectivity index (χ1n) is 10.5. The molecule has 0 spiro atoms. The van der Waals surface area contributed by atoms with Crippen LogP contribution in [0.25, 0.3) is 0 Å². The highest BCUT2D eigenvalue weighted by Crippen LogP contribution is 2.25. The van der Waals surface area contributed by atoms with Crippen LogP contribution in [0.2, 0.25) is 5.02 Å². The second-order valence-electron chi connectivity index (χ2n) is 7.62. The maximum atomic E-state index is 11.5. The zero-order valence-corrected chi connectivity index (χ0v) is 18.4. The Balaban J connectivity index is 1.48. The molecular weight excluding hydrogens is 426 g/mol. The van der Waals surface area contributed by atoms with Crippen molar-refractivity contribution < 1.29 is 9.53 Å². The summed E-state index contributed by atoms with van der Waals surface area (Å²) >= 11 is 6.08. The van der Waals surface area contributed by atoms with Crippen LogP contribution in [-0.4, -0.2) is 37.2 Å². The quantitative estimate of drug-likeness (QED) is 0.480. The molecule has 32 heavy (non-hydrogen) atoms. The van der Waals surface area contributed by atoms with Crippen molar-refractivity contribution in [3.63, 3.8) is 0 Å². The second kappa shape index (κ2) is 10.3. The number of primary amides is 1. The molecule has 0 saturated carbocycles. The number of benzene rings is 2. The van der Waals surface area contributed by atoms with Crippen molar-refractivity contribution in [2.75, 3.05) is 41.8 Å². The summed E-state index contributed by atoms with van der Waals surface area (Å²) in [5.74, 6) is 0.267. The van der Waals surface area contributed by atoms with Crippen molar-refractivity contribution >= 4 is 40.4 Å². The second-order valence-corrected chi connectivity index (χ2v) is 8.06. The minimum absolute atomic E-state index is 0.111. The molecule has 1 aliphatic heterocycles. The van der Waals surface area contributed by atoms with E-state index in [2.05, 4.69) is 32.7 Å². The van der Waals surface area contributed by atoms with Crippen LogP contribution in [-0.2, 0) is 22.5 Å². The Labute approximate surface area is 192 Å². The Bertz CT molecular complexity index is 1070.